The molecule has 1 aromatic rings. The van der Waals surface area contributed by atoms with Crippen molar-refractivity contribution in [2.45, 2.75) is 6.42 Å². The van der Waals surface area contributed by atoms with Gasteiger partial charge in [0.15, 0.2) is 0 Å². The third kappa shape index (κ3) is 2.11. The minimum absolute atomic E-state index is 0.299. The van der Waals surface area contributed by atoms with Crippen molar-refractivity contribution >= 4 is 28.8 Å². The van der Waals surface area contributed by atoms with Crippen molar-refractivity contribution in [3.63, 3.8) is 0 Å². The number of nitrogens with one attached hydrogen (secondary N) is 1. The molecule has 0 saturated carbocycles. The van der Waals surface area contributed by atoms with Crippen molar-refractivity contribution < 1.29 is 0 Å². The van der Waals surface area contributed by atoms with Crippen molar-refractivity contribution in [3.8, 4) is 0 Å². The lowest BCUT2D eigenvalue weighted by molar-refractivity contribution is 0.860. The predicted molar refractivity (Wildman–Crippen MR) is 61.3 cm³/mol. The molecular weight excluding hydrogens is 216 g/mol. The van der Waals surface area contributed by atoms with Crippen molar-refractivity contribution in [1.82, 2.24) is 10.3 Å². The second-order valence-electron chi connectivity index (χ2n) is 3.17. The summed E-state index contributed by atoms with van der Waals surface area (Å²) in [7, 11) is 0. The fourth-order valence-electron chi connectivity index (χ4n) is 1.38. The topological polar surface area (TPSA) is 24.9 Å². The summed E-state index contributed by atoms with van der Waals surface area (Å²) in [5, 5.41) is 3.53. The molecule has 14 heavy (non-hydrogen) atoms. The Bertz CT molecular complexity index is 372. The number of rotatable bonds is 2. The van der Waals surface area contributed by atoms with Crippen LogP contribution in [0.4, 0.5) is 0 Å². The third-order valence-electron chi connectivity index (χ3n) is 2.14. The van der Waals surface area contributed by atoms with Gasteiger partial charge in [0.05, 0.1) is 4.99 Å². The van der Waals surface area contributed by atoms with Crippen LogP contribution in [-0.2, 0) is 6.42 Å². The van der Waals surface area contributed by atoms with Crippen molar-refractivity contribution in [1.29, 1.82) is 0 Å². The number of hydrogen-bond donors (Lipinski definition) is 1. The molecule has 2 heterocycles. The maximum Gasteiger partial charge on any atom is 0.129 e. The van der Waals surface area contributed by atoms with Gasteiger partial charge in [-0.15, -0.1) is 0 Å². The van der Waals surface area contributed by atoms with Gasteiger partial charge in [0.25, 0.3) is 0 Å². The lowest BCUT2D eigenvalue weighted by Crippen LogP contribution is -2.18. The number of thiocarbonyl (C=S) groups is 1. The molecule has 1 aliphatic heterocycles. The lowest BCUT2D eigenvalue weighted by atomic mass is 10.0. The van der Waals surface area contributed by atoms with Crippen LogP contribution in [0, 0.1) is 5.92 Å². The number of pyridine rings is 1. The lowest BCUT2D eigenvalue weighted by Gasteiger charge is -2.07. The van der Waals surface area contributed by atoms with E-state index in [1.165, 1.54) is 0 Å². The maximum absolute atomic E-state index is 5.69. The van der Waals surface area contributed by atoms with Gasteiger partial charge in [0.1, 0.15) is 5.15 Å². The van der Waals surface area contributed by atoms with E-state index < -0.39 is 0 Å². The molecule has 2 nitrogen and oxygen atoms in total. The highest BCUT2D eigenvalue weighted by atomic mass is 35.5. The predicted octanol–water partition coefficient (Wildman–Crippen LogP) is 2.34. The Morgan fingerprint density at radius 3 is 2.93 bits per heavy atom. The van der Waals surface area contributed by atoms with E-state index in [1.807, 2.05) is 12.3 Å². The van der Waals surface area contributed by atoms with Gasteiger partial charge >= 0.3 is 0 Å². The number of halogens is 1. The standard InChI is InChI=1S/C10H9ClN2S/c11-9-2-1-7(6-13-9)5-8-3-4-12-10(8)14/h1-4,6,8H,5H2,(H,12,14). The third-order valence-corrected chi connectivity index (χ3v) is 2.78. The van der Waals surface area contributed by atoms with Crippen molar-refractivity contribution in [2.24, 2.45) is 5.92 Å². The first-order chi connectivity index (χ1) is 6.75. The van der Waals surface area contributed by atoms with E-state index in [1.54, 1.807) is 12.3 Å². The normalized spacial score (nSPS) is 19.8. The van der Waals surface area contributed by atoms with Gasteiger partial charge in [0, 0.05) is 12.1 Å². The van der Waals surface area contributed by atoms with Gasteiger partial charge in [-0.05, 0) is 24.3 Å². The zero-order valence-corrected chi connectivity index (χ0v) is 8.98. The monoisotopic (exact) mass is 224 g/mol. The molecule has 1 N–H and O–H groups in total. The molecule has 4 heteroatoms. The zero-order chi connectivity index (χ0) is 9.97. The molecule has 0 aliphatic carbocycles. The average Bonchev–Trinajstić information content (AvgIpc) is 2.56. The van der Waals surface area contributed by atoms with E-state index in [-0.39, 0.29) is 0 Å². The minimum Gasteiger partial charge on any atom is -0.356 e. The fraction of sp³-hybridized carbons (Fsp3) is 0.200. The Hall–Kier alpha value is -0.930. The molecule has 0 spiro atoms. The first-order valence-corrected chi connectivity index (χ1v) is 5.12. The Balaban J connectivity index is 2.07. The van der Waals surface area contributed by atoms with Crippen LogP contribution < -0.4 is 5.32 Å². The van der Waals surface area contributed by atoms with Crippen molar-refractivity contribution in [3.05, 3.63) is 41.3 Å². The quantitative estimate of drug-likeness (QED) is 0.617. The zero-order valence-electron chi connectivity index (χ0n) is 7.40. The summed E-state index contributed by atoms with van der Waals surface area (Å²) in [6, 6.07) is 3.77. The van der Waals surface area contributed by atoms with Crippen LogP contribution in [0.5, 0.6) is 0 Å². The van der Waals surface area contributed by atoms with Crippen LogP contribution in [0.1, 0.15) is 5.56 Å². The Morgan fingerprint density at radius 1 is 1.50 bits per heavy atom. The molecule has 1 unspecified atom stereocenters. The van der Waals surface area contributed by atoms with E-state index in [0.29, 0.717) is 11.1 Å². The van der Waals surface area contributed by atoms with E-state index in [9.17, 15) is 0 Å². The summed E-state index contributed by atoms with van der Waals surface area (Å²) < 4.78 is 0. The van der Waals surface area contributed by atoms with Crippen LogP contribution in [0.3, 0.4) is 0 Å². The van der Waals surface area contributed by atoms with E-state index >= 15 is 0 Å². The SMILES string of the molecule is S=C1NC=CC1Cc1ccc(Cl)nc1. The highest BCUT2D eigenvalue weighted by molar-refractivity contribution is 7.80. The number of nitrogens with zero attached hydrogens (tertiary/aromatic N) is 1. The molecular formula is C10H9ClN2S. The Labute approximate surface area is 93.0 Å². The average molecular weight is 225 g/mol. The van der Waals surface area contributed by atoms with Gasteiger partial charge < -0.3 is 5.32 Å². The highest BCUT2D eigenvalue weighted by Gasteiger charge is 2.15. The Morgan fingerprint density at radius 2 is 2.36 bits per heavy atom. The van der Waals surface area contributed by atoms with Gasteiger partial charge in [0.2, 0.25) is 0 Å². The van der Waals surface area contributed by atoms with Crippen LogP contribution in [0.2, 0.25) is 5.15 Å². The molecule has 72 valence electrons. The number of hydrogen-bond acceptors (Lipinski definition) is 2. The van der Waals surface area contributed by atoms with Crippen LogP contribution in [0.25, 0.3) is 0 Å². The van der Waals surface area contributed by atoms with Crippen LogP contribution in [0.15, 0.2) is 30.6 Å². The fourth-order valence-corrected chi connectivity index (χ4v) is 1.72. The molecule has 2 rings (SSSR count). The number of aromatic nitrogens is 1. The summed E-state index contributed by atoms with van der Waals surface area (Å²) in [6.07, 6.45) is 6.62. The first kappa shape index (κ1) is 9.62. The summed E-state index contributed by atoms with van der Waals surface area (Å²) >= 11 is 10.8. The summed E-state index contributed by atoms with van der Waals surface area (Å²) in [4.78, 5) is 4.90. The second kappa shape index (κ2) is 4.07. The van der Waals surface area contributed by atoms with Crippen molar-refractivity contribution in [2.75, 3.05) is 0 Å². The summed E-state index contributed by atoms with van der Waals surface area (Å²) in [6.45, 7) is 0. The summed E-state index contributed by atoms with van der Waals surface area (Å²) in [5.41, 5.74) is 1.15. The maximum atomic E-state index is 5.69. The van der Waals surface area contributed by atoms with Gasteiger partial charge in [-0.2, -0.15) is 0 Å². The smallest absolute Gasteiger partial charge is 0.129 e. The second-order valence-corrected chi connectivity index (χ2v) is 3.99. The van der Waals surface area contributed by atoms with E-state index in [4.69, 9.17) is 23.8 Å². The van der Waals surface area contributed by atoms with Gasteiger partial charge in [-0.25, -0.2) is 4.98 Å². The van der Waals surface area contributed by atoms with E-state index in [0.717, 1.165) is 17.0 Å². The molecule has 0 saturated heterocycles. The summed E-state index contributed by atoms with van der Waals surface area (Å²) in [5.74, 6) is 0.299. The highest BCUT2D eigenvalue weighted by Crippen LogP contribution is 2.15. The van der Waals surface area contributed by atoms with Crippen LogP contribution >= 0.6 is 23.8 Å². The Kier molecular flexibility index (Phi) is 2.79. The molecule has 1 aliphatic rings. The van der Waals surface area contributed by atoms with Gasteiger partial charge in [-0.3, -0.25) is 0 Å². The molecule has 1 atom stereocenters. The molecule has 0 aromatic carbocycles. The first-order valence-electron chi connectivity index (χ1n) is 4.33. The largest absolute Gasteiger partial charge is 0.356 e. The van der Waals surface area contributed by atoms with E-state index in [2.05, 4.69) is 16.4 Å². The minimum atomic E-state index is 0.299. The molecule has 0 bridgehead atoms. The molecule has 0 fully saturated rings. The van der Waals surface area contributed by atoms with Crippen LogP contribution in [-0.4, -0.2) is 9.97 Å². The molecule has 0 radical (unpaired) electrons. The molecule has 1 aromatic heterocycles. The van der Waals surface area contributed by atoms with Gasteiger partial charge in [-0.1, -0.05) is 36.0 Å². The molecule has 0 amide bonds.